The molecule has 1 amide bonds. The number of ether oxygens (including phenoxy) is 2. The first-order valence-corrected chi connectivity index (χ1v) is 11.0. The third kappa shape index (κ3) is 6.06. The van der Waals surface area contributed by atoms with Crippen LogP contribution in [0.15, 0.2) is 30.6 Å². The van der Waals surface area contributed by atoms with Gasteiger partial charge in [0.05, 0.1) is 12.5 Å². The van der Waals surface area contributed by atoms with Crippen molar-refractivity contribution in [1.82, 2.24) is 15.3 Å². The van der Waals surface area contributed by atoms with E-state index < -0.39 is 24.2 Å². The lowest BCUT2D eigenvalue weighted by Gasteiger charge is -2.20. The summed E-state index contributed by atoms with van der Waals surface area (Å²) in [4.78, 5) is 21.5. The summed E-state index contributed by atoms with van der Waals surface area (Å²) in [6.07, 6.45) is 3.62. The maximum Gasteiger partial charge on any atom is 0.278 e. The summed E-state index contributed by atoms with van der Waals surface area (Å²) in [5.74, 6) is -4.04. The Hall–Kier alpha value is -3.04. The second-order valence-corrected chi connectivity index (χ2v) is 8.72. The second kappa shape index (κ2) is 9.44. The van der Waals surface area contributed by atoms with Crippen molar-refractivity contribution in [3.05, 3.63) is 42.0 Å². The van der Waals surface area contributed by atoms with Gasteiger partial charge in [0, 0.05) is 25.9 Å². The standard InChI is InChI=1S/C23H27F3N4O3/c1-14(21(31)29-16-5-6-16)15-3-7-17(8-4-15)33-18-9-10-30(11-18)20-19(24)22(28-13-27-20)32-12-23(2,25)26/h3-4,7-8,13-14,16,18H,5-6,9-12H2,1-2H3,(H,29,31)/t14?,18-/m1/s1. The average molecular weight is 464 g/mol. The molecule has 1 aromatic carbocycles. The Balaban J connectivity index is 1.33. The largest absolute Gasteiger partial charge is 0.489 e. The lowest BCUT2D eigenvalue weighted by Crippen LogP contribution is -2.29. The Morgan fingerprint density at radius 3 is 2.64 bits per heavy atom. The number of hydrogen-bond donors (Lipinski definition) is 1. The first-order valence-electron chi connectivity index (χ1n) is 11.0. The van der Waals surface area contributed by atoms with Crippen molar-refractivity contribution < 1.29 is 27.4 Å². The predicted octanol–water partition coefficient (Wildman–Crippen LogP) is 3.69. The topological polar surface area (TPSA) is 76.6 Å². The van der Waals surface area contributed by atoms with E-state index in [1.165, 1.54) is 0 Å². The molecule has 178 valence electrons. The van der Waals surface area contributed by atoms with Crippen molar-refractivity contribution in [1.29, 1.82) is 0 Å². The van der Waals surface area contributed by atoms with Gasteiger partial charge in [-0.15, -0.1) is 0 Å². The van der Waals surface area contributed by atoms with Gasteiger partial charge in [-0.1, -0.05) is 12.1 Å². The molecule has 1 aliphatic carbocycles. The number of hydrogen-bond acceptors (Lipinski definition) is 6. The summed E-state index contributed by atoms with van der Waals surface area (Å²) in [5, 5.41) is 3.01. The maximum absolute atomic E-state index is 14.7. The van der Waals surface area contributed by atoms with E-state index in [-0.39, 0.29) is 23.7 Å². The van der Waals surface area contributed by atoms with E-state index in [1.807, 2.05) is 31.2 Å². The first-order chi connectivity index (χ1) is 15.7. The molecule has 33 heavy (non-hydrogen) atoms. The van der Waals surface area contributed by atoms with Crippen LogP contribution in [-0.2, 0) is 4.79 Å². The van der Waals surface area contributed by atoms with Crippen LogP contribution in [0.2, 0.25) is 0 Å². The number of anilines is 1. The molecule has 2 aromatic rings. The normalized spacial score (nSPS) is 19.3. The number of halogens is 3. The molecule has 1 saturated heterocycles. The number of benzene rings is 1. The van der Waals surface area contributed by atoms with Gasteiger partial charge in [0.15, 0.2) is 12.4 Å². The number of rotatable bonds is 9. The number of nitrogens with zero attached hydrogens (tertiary/aromatic N) is 3. The van der Waals surface area contributed by atoms with E-state index in [0.717, 1.165) is 24.7 Å². The van der Waals surface area contributed by atoms with Crippen LogP contribution in [0.25, 0.3) is 0 Å². The highest BCUT2D eigenvalue weighted by Gasteiger charge is 2.30. The minimum atomic E-state index is -3.10. The van der Waals surface area contributed by atoms with E-state index >= 15 is 0 Å². The third-order valence-corrected chi connectivity index (χ3v) is 5.65. The first kappa shape index (κ1) is 23.1. The van der Waals surface area contributed by atoms with Gasteiger partial charge in [-0.2, -0.15) is 9.37 Å². The maximum atomic E-state index is 14.7. The smallest absolute Gasteiger partial charge is 0.278 e. The molecule has 2 aliphatic rings. The molecule has 2 atom stereocenters. The van der Waals surface area contributed by atoms with Crippen LogP contribution in [0.3, 0.4) is 0 Å². The number of alkyl halides is 2. The van der Waals surface area contributed by atoms with Crippen molar-refractivity contribution in [2.24, 2.45) is 0 Å². The van der Waals surface area contributed by atoms with Crippen LogP contribution >= 0.6 is 0 Å². The number of nitrogens with one attached hydrogen (secondary N) is 1. The van der Waals surface area contributed by atoms with Crippen LogP contribution in [0, 0.1) is 5.82 Å². The Morgan fingerprint density at radius 1 is 1.24 bits per heavy atom. The Kier molecular flexibility index (Phi) is 6.62. The molecule has 1 aromatic heterocycles. The van der Waals surface area contributed by atoms with Crippen molar-refractivity contribution in [3.63, 3.8) is 0 Å². The summed E-state index contributed by atoms with van der Waals surface area (Å²) >= 11 is 0. The molecular formula is C23H27F3N4O3. The van der Waals surface area contributed by atoms with Crippen LogP contribution in [-0.4, -0.2) is 53.6 Å². The molecule has 1 unspecified atom stereocenters. The SMILES string of the molecule is CC(C(=O)NC1CC1)c1ccc(O[C@@H]2CCN(c3ncnc(OCC(C)(F)F)c3F)C2)cc1. The summed E-state index contributed by atoms with van der Waals surface area (Å²) < 4.78 is 51.6. The molecule has 4 rings (SSSR count). The fourth-order valence-corrected chi connectivity index (χ4v) is 3.61. The summed E-state index contributed by atoms with van der Waals surface area (Å²) in [7, 11) is 0. The zero-order chi connectivity index (χ0) is 23.6. The predicted molar refractivity (Wildman–Crippen MR) is 115 cm³/mol. The molecule has 1 N–H and O–H groups in total. The highest BCUT2D eigenvalue weighted by atomic mass is 19.3. The summed E-state index contributed by atoms with van der Waals surface area (Å²) in [6.45, 7) is 2.45. The molecule has 2 heterocycles. The fraction of sp³-hybridized carbons (Fsp3) is 0.522. The summed E-state index contributed by atoms with van der Waals surface area (Å²) in [6, 6.07) is 7.71. The Bertz CT molecular complexity index is 980. The van der Waals surface area contributed by atoms with Crippen molar-refractivity contribution in [2.75, 3.05) is 24.6 Å². The zero-order valence-corrected chi connectivity index (χ0v) is 18.6. The zero-order valence-electron chi connectivity index (χ0n) is 18.6. The number of amides is 1. The third-order valence-electron chi connectivity index (χ3n) is 5.65. The number of carbonyl (C=O) groups is 1. The Labute approximate surface area is 190 Å². The van der Waals surface area contributed by atoms with Gasteiger partial charge in [-0.05, 0) is 37.5 Å². The van der Waals surface area contributed by atoms with Gasteiger partial charge in [-0.3, -0.25) is 4.79 Å². The molecule has 2 fully saturated rings. The van der Waals surface area contributed by atoms with Crippen LogP contribution in [0.1, 0.15) is 44.6 Å². The van der Waals surface area contributed by atoms with Gasteiger partial charge in [-0.25, -0.2) is 13.8 Å². The lowest BCUT2D eigenvalue weighted by atomic mass is 10.0. The highest BCUT2D eigenvalue weighted by Crippen LogP contribution is 2.29. The molecule has 0 spiro atoms. The number of carbonyl (C=O) groups excluding carboxylic acids is 1. The van der Waals surface area contributed by atoms with Gasteiger partial charge in [0.2, 0.25) is 11.7 Å². The van der Waals surface area contributed by atoms with Gasteiger partial charge < -0.3 is 19.7 Å². The summed E-state index contributed by atoms with van der Waals surface area (Å²) in [5.41, 5.74) is 0.904. The van der Waals surface area contributed by atoms with Crippen LogP contribution < -0.4 is 19.7 Å². The molecule has 0 bridgehead atoms. The van der Waals surface area contributed by atoms with Gasteiger partial charge in [0.25, 0.3) is 11.8 Å². The molecule has 0 radical (unpaired) electrons. The van der Waals surface area contributed by atoms with Gasteiger partial charge >= 0.3 is 0 Å². The molecule has 10 heteroatoms. The monoisotopic (exact) mass is 464 g/mol. The van der Waals surface area contributed by atoms with Crippen LogP contribution in [0.5, 0.6) is 11.6 Å². The quantitative estimate of drug-likeness (QED) is 0.610. The van der Waals surface area contributed by atoms with Crippen molar-refractivity contribution in [2.45, 2.75) is 57.1 Å². The second-order valence-electron chi connectivity index (χ2n) is 8.72. The van der Waals surface area contributed by atoms with Gasteiger partial charge in [0.1, 0.15) is 18.2 Å². The van der Waals surface area contributed by atoms with E-state index in [9.17, 15) is 18.0 Å². The molecule has 1 aliphatic heterocycles. The number of aromatic nitrogens is 2. The minimum absolute atomic E-state index is 0.00336. The Morgan fingerprint density at radius 2 is 1.97 bits per heavy atom. The van der Waals surface area contributed by atoms with E-state index in [0.29, 0.717) is 38.2 Å². The van der Waals surface area contributed by atoms with E-state index in [4.69, 9.17) is 9.47 Å². The van der Waals surface area contributed by atoms with E-state index in [2.05, 4.69) is 15.3 Å². The minimum Gasteiger partial charge on any atom is -0.489 e. The molecule has 1 saturated carbocycles. The lowest BCUT2D eigenvalue weighted by molar-refractivity contribution is -0.122. The fourth-order valence-electron chi connectivity index (χ4n) is 3.61. The molecule has 7 nitrogen and oxygen atoms in total. The molecular weight excluding hydrogens is 437 g/mol. The van der Waals surface area contributed by atoms with E-state index in [1.54, 1.807) is 4.90 Å². The average Bonchev–Trinajstić information content (AvgIpc) is 3.47. The van der Waals surface area contributed by atoms with Crippen molar-refractivity contribution >= 4 is 11.7 Å². The highest BCUT2D eigenvalue weighted by molar-refractivity contribution is 5.83. The van der Waals surface area contributed by atoms with Crippen LogP contribution in [0.4, 0.5) is 19.0 Å². The van der Waals surface area contributed by atoms with Crippen molar-refractivity contribution in [3.8, 4) is 11.6 Å².